The number of benzene rings is 1. The van der Waals surface area contributed by atoms with E-state index in [0.29, 0.717) is 13.0 Å². The summed E-state index contributed by atoms with van der Waals surface area (Å²) in [5, 5.41) is 6.36. The fourth-order valence-corrected chi connectivity index (χ4v) is 2.42. The van der Waals surface area contributed by atoms with Gasteiger partial charge in [0.2, 0.25) is 5.91 Å². The molecule has 0 unspecified atom stereocenters. The lowest BCUT2D eigenvalue weighted by Gasteiger charge is -2.30. The highest BCUT2D eigenvalue weighted by Gasteiger charge is 2.16. The lowest BCUT2D eigenvalue weighted by atomic mass is 10.1. The second-order valence-electron chi connectivity index (χ2n) is 6.59. The standard InChI is InChI=1S/C17H27N3O2/c1-17(2,3)18-9-8-16(21)19-14-6-4-5-7-15(14)20-10-12-22-13-11-20/h4-7,18H,8-13H2,1-3H3,(H,19,21). The van der Waals surface area contributed by atoms with Gasteiger partial charge in [0.25, 0.3) is 0 Å². The number of ether oxygens (including phenoxy) is 1. The van der Waals surface area contributed by atoms with Crippen molar-refractivity contribution in [2.45, 2.75) is 32.7 Å². The number of nitrogens with zero attached hydrogens (tertiary/aromatic N) is 1. The van der Waals surface area contributed by atoms with Gasteiger partial charge in [-0.25, -0.2) is 0 Å². The molecule has 0 atom stereocenters. The number of carbonyl (C=O) groups is 1. The van der Waals surface area contributed by atoms with Crippen molar-refractivity contribution >= 4 is 17.3 Å². The molecule has 22 heavy (non-hydrogen) atoms. The van der Waals surface area contributed by atoms with Crippen LogP contribution >= 0.6 is 0 Å². The second kappa shape index (κ2) is 7.61. The minimum Gasteiger partial charge on any atom is -0.378 e. The average molecular weight is 305 g/mol. The summed E-state index contributed by atoms with van der Waals surface area (Å²) in [7, 11) is 0. The average Bonchev–Trinajstić information content (AvgIpc) is 2.47. The topological polar surface area (TPSA) is 53.6 Å². The van der Waals surface area contributed by atoms with Gasteiger partial charge in [0.05, 0.1) is 24.6 Å². The summed E-state index contributed by atoms with van der Waals surface area (Å²) < 4.78 is 5.39. The molecule has 1 fully saturated rings. The first-order chi connectivity index (χ1) is 10.5. The number of hydrogen-bond acceptors (Lipinski definition) is 4. The smallest absolute Gasteiger partial charge is 0.225 e. The van der Waals surface area contributed by atoms with Crippen LogP contribution in [-0.2, 0) is 9.53 Å². The molecular weight excluding hydrogens is 278 g/mol. The molecule has 1 aliphatic rings. The zero-order valence-corrected chi connectivity index (χ0v) is 13.8. The van der Waals surface area contributed by atoms with Gasteiger partial charge in [0.1, 0.15) is 0 Å². The van der Waals surface area contributed by atoms with Crippen molar-refractivity contribution in [3.05, 3.63) is 24.3 Å². The van der Waals surface area contributed by atoms with E-state index in [1.165, 1.54) is 0 Å². The summed E-state index contributed by atoms with van der Waals surface area (Å²) in [6.45, 7) is 10.2. The maximum Gasteiger partial charge on any atom is 0.225 e. The zero-order chi connectivity index (χ0) is 16.0. The Labute approximate surface area is 133 Å². The van der Waals surface area contributed by atoms with Crippen LogP contribution in [-0.4, -0.2) is 44.3 Å². The van der Waals surface area contributed by atoms with Crippen molar-refractivity contribution in [2.24, 2.45) is 0 Å². The van der Waals surface area contributed by atoms with E-state index < -0.39 is 0 Å². The first kappa shape index (κ1) is 16.8. The number of anilines is 2. The van der Waals surface area contributed by atoms with Crippen LogP contribution in [0, 0.1) is 0 Å². The third-order valence-corrected chi connectivity index (χ3v) is 3.54. The van der Waals surface area contributed by atoms with Crippen LogP contribution in [0.2, 0.25) is 0 Å². The molecule has 2 rings (SSSR count). The van der Waals surface area contributed by atoms with Gasteiger partial charge in [-0.05, 0) is 32.9 Å². The van der Waals surface area contributed by atoms with Crippen LogP contribution in [0.15, 0.2) is 24.3 Å². The minimum absolute atomic E-state index is 0.0337. The Morgan fingerprint density at radius 2 is 1.91 bits per heavy atom. The van der Waals surface area contributed by atoms with E-state index in [-0.39, 0.29) is 11.4 Å². The normalized spacial score (nSPS) is 15.7. The highest BCUT2D eigenvalue weighted by Crippen LogP contribution is 2.26. The highest BCUT2D eigenvalue weighted by atomic mass is 16.5. The molecule has 1 aromatic carbocycles. The third kappa shape index (κ3) is 5.31. The number of hydrogen-bond donors (Lipinski definition) is 2. The first-order valence-corrected chi connectivity index (χ1v) is 7.92. The number of nitrogens with one attached hydrogen (secondary N) is 2. The lowest BCUT2D eigenvalue weighted by molar-refractivity contribution is -0.116. The molecule has 2 N–H and O–H groups in total. The summed E-state index contributed by atoms with van der Waals surface area (Å²) in [6, 6.07) is 7.96. The molecule has 0 aliphatic carbocycles. The number of rotatable bonds is 5. The van der Waals surface area contributed by atoms with Gasteiger partial charge in [-0.15, -0.1) is 0 Å². The van der Waals surface area contributed by atoms with Crippen molar-refractivity contribution in [1.29, 1.82) is 0 Å². The number of para-hydroxylation sites is 2. The Morgan fingerprint density at radius 3 is 2.59 bits per heavy atom. The van der Waals surface area contributed by atoms with E-state index in [1.807, 2.05) is 24.3 Å². The quantitative estimate of drug-likeness (QED) is 0.876. The Kier molecular flexibility index (Phi) is 5.80. The summed E-state index contributed by atoms with van der Waals surface area (Å²) in [4.78, 5) is 14.4. The molecule has 1 saturated heterocycles. The molecule has 0 saturated carbocycles. The summed E-state index contributed by atoms with van der Waals surface area (Å²) in [5.74, 6) is 0.0393. The Bertz CT molecular complexity index is 491. The number of amides is 1. The monoisotopic (exact) mass is 305 g/mol. The van der Waals surface area contributed by atoms with Crippen molar-refractivity contribution in [2.75, 3.05) is 43.1 Å². The summed E-state index contributed by atoms with van der Waals surface area (Å²) >= 11 is 0. The minimum atomic E-state index is 0.0337. The number of carbonyl (C=O) groups excluding carboxylic acids is 1. The molecule has 1 aliphatic heterocycles. The van der Waals surface area contributed by atoms with Gasteiger partial charge >= 0.3 is 0 Å². The van der Waals surface area contributed by atoms with E-state index in [9.17, 15) is 4.79 Å². The molecule has 5 heteroatoms. The molecule has 0 radical (unpaired) electrons. The van der Waals surface area contributed by atoms with Crippen LogP contribution in [0.4, 0.5) is 11.4 Å². The van der Waals surface area contributed by atoms with Crippen molar-refractivity contribution < 1.29 is 9.53 Å². The van der Waals surface area contributed by atoms with Gasteiger partial charge in [-0.3, -0.25) is 4.79 Å². The molecule has 1 aromatic rings. The van der Waals surface area contributed by atoms with Gasteiger partial charge in [0, 0.05) is 31.6 Å². The van der Waals surface area contributed by atoms with E-state index in [1.54, 1.807) is 0 Å². The fourth-order valence-electron chi connectivity index (χ4n) is 2.42. The Morgan fingerprint density at radius 1 is 1.23 bits per heavy atom. The van der Waals surface area contributed by atoms with Crippen molar-refractivity contribution in [1.82, 2.24) is 5.32 Å². The van der Waals surface area contributed by atoms with Crippen LogP contribution in [0.3, 0.4) is 0 Å². The predicted octanol–water partition coefficient (Wildman–Crippen LogP) is 2.24. The first-order valence-electron chi connectivity index (χ1n) is 7.92. The molecule has 0 aromatic heterocycles. The van der Waals surface area contributed by atoms with E-state index in [2.05, 4.69) is 36.3 Å². The van der Waals surface area contributed by atoms with Gasteiger partial charge in [-0.2, -0.15) is 0 Å². The zero-order valence-electron chi connectivity index (χ0n) is 13.8. The van der Waals surface area contributed by atoms with Crippen LogP contribution in [0.5, 0.6) is 0 Å². The Hall–Kier alpha value is -1.59. The maximum atomic E-state index is 12.1. The van der Waals surface area contributed by atoms with Gasteiger partial charge < -0.3 is 20.3 Å². The largest absolute Gasteiger partial charge is 0.378 e. The molecule has 0 bridgehead atoms. The highest BCUT2D eigenvalue weighted by molar-refractivity contribution is 5.94. The third-order valence-electron chi connectivity index (χ3n) is 3.54. The molecule has 122 valence electrons. The van der Waals surface area contributed by atoms with E-state index in [0.717, 1.165) is 37.7 Å². The number of morpholine rings is 1. The maximum absolute atomic E-state index is 12.1. The van der Waals surface area contributed by atoms with Crippen LogP contribution < -0.4 is 15.5 Å². The molecule has 1 heterocycles. The molecule has 1 amide bonds. The van der Waals surface area contributed by atoms with Crippen molar-refractivity contribution in [3.8, 4) is 0 Å². The van der Waals surface area contributed by atoms with Gasteiger partial charge in [0.15, 0.2) is 0 Å². The Balaban J connectivity index is 1.93. The lowest BCUT2D eigenvalue weighted by Crippen LogP contribution is -2.38. The predicted molar refractivity (Wildman–Crippen MR) is 90.5 cm³/mol. The van der Waals surface area contributed by atoms with Crippen molar-refractivity contribution in [3.63, 3.8) is 0 Å². The molecular formula is C17H27N3O2. The van der Waals surface area contributed by atoms with Gasteiger partial charge in [-0.1, -0.05) is 12.1 Å². The van der Waals surface area contributed by atoms with Crippen LogP contribution in [0.1, 0.15) is 27.2 Å². The van der Waals surface area contributed by atoms with E-state index in [4.69, 9.17) is 4.74 Å². The molecule has 5 nitrogen and oxygen atoms in total. The SMILES string of the molecule is CC(C)(C)NCCC(=O)Nc1ccccc1N1CCOCC1. The summed E-state index contributed by atoms with van der Waals surface area (Å²) in [6.07, 6.45) is 0.467. The van der Waals surface area contributed by atoms with E-state index >= 15 is 0 Å². The summed E-state index contributed by atoms with van der Waals surface area (Å²) in [5.41, 5.74) is 1.99. The van der Waals surface area contributed by atoms with Crippen LogP contribution in [0.25, 0.3) is 0 Å². The second-order valence-corrected chi connectivity index (χ2v) is 6.59. The molecule has 0 spiro atoms. The fraction of sp³-hybridized carbons (Fsp3) is 0.588.